The maximum Gasteiger partial charge on any atom is 0.254 e. The number of nitrogens with zero attached hydrogens (tertiary/aromatic N) is 1. The number of nitrogen functional groups attached to an aromatic ring is 1. The zero-order valence-corrected chi connectivity index (χ0v) is 11.5. The van der Waals surface area contributed by atoms with E-state index in [-0.39, 0.29) is 19.1 Å². The molecule has 0 radical (unpaired) electrons. The lowest BCUT2D eigenvalue weighted by atomic mass is 10.1. The van der Waals surface area contributed by atoms with Crippen LogP contribution in [0.1, 0.15) is 17.3 Å². The number of hydrogen-bond donors (Lipinski definition) is 2. The van der Waals surface area contributed by atoms with Gasteiger partial charge in [0, 0.05) is 18.7 Å². The van der Waals surface area contributed by atoms with E-state index in [2.05, 4.69) is 0 Å². The predicted molar refractivity (Wildman–Crippen MR) is 72.6 cm³/mol. The van der Waals surface area contributed by atoms with Gasteiger partial charge >= 0.3 is 0 Å². The van der Waals surface area contributed by atoms with Crippen molar-refractivity contribution in [2.75, 3.05) is 39.6 Å². The Labute approximate surface area is 112 Å². The highest BCUT2D eigenvalue weighted by Crippen LogP contribution is 2.34. The SMILES string of the molecule is CCN(CCO)C(=O)c1cc(N)c(OC)c(OC)c1. The van der Waals surface area contributed by atoms with E-state index < -0.39 is 0 Å². The summed E-state index contributed by atoms with van der Waals surface area (Å²) in [5.74, 6) is 0.611. The lowest BCUT2D eigenvalue weighted by Gasteiger charge is -2.20. The van der Waals surface area contributed by atoms with Gasteiger partial charge in [0.15, 0.2) is 11.5 Å². The van der Waals surface area contributed by atoms with Crippen molar-refractivity contribution in [2.24, 2.45) is 0 Å². The molecule has 0 saturated heterocycles. The Hall–Kier alpha value is -1.95. The number of benzene rings is 1. The van der Waals surface area contributed by atoms with Gasteiger partial charge in [-0.25, -0.2) is 0 Å². The standard InChI is InChI=1S/C13H20N2O4/c1-4-15(5-6-16)13(17)9-7-10(14)12(19-3)11(8-9)18-2/h7-8,16H,4-6,14H2,1-3H3. The number of methoxy groups -OCH3 is 2. The fourth-order valence-corrected chi connectivity index (χ4v) is 1.82. The Kier molecular flexibility index (Phi) is 5.44. The summed E-state index contributed by atoms with van der Waals surface area (Å²) >= 11 is 0. The summed E-state index contributed by atoms with van der Waals surface area (Å²) in [6.07, 6.45) is 0. The molecular formula is C13H20N2O4. The highest BCUT2D eigenvalue weighted by atomic mass is 16.5. The Bertz CT molecular complexity index is 449. The van der Waals surface area contributed by atoms with Crippen LogP contribution in [0.4, 0.5) is 5.69 Å². The number of likely N-dealkylation sites (N-methyl/N-ethyl adjacent to an activating group) is 1. The quantitative estimate of drug-likeness (QED) is 0.743. The molecule has 0 heterocycles. The van der Waals surface area contributed by atoms with Crippen LogP contribution in [0.2, 0.25) is 0 Å². The first kappa shape index (κ1) is 15.1. The molecule has 0 aliphatic carbocycles. The number of rotatable bonds is 6. The van der Waals surface area contributed by atoms with Crippen molar-refractivity contribution in [3.8, 4) is 11.5 Å². The molecule has 0 spiro atoms. The summed E-state index contributed by atoms with van der Waals surface area (Å²) in [7, 11) is 2.97. The molecule has 0 atom stereocenters. The summed E-state index contributed by atoms with van der Waals surface area (Å²) in [5.41, 5.74) is 6.58. The van der Waals surface area contributed by atoms with E-state index in [0.717, 1.165) is 0 Å². The smallest absolute Gasteiger partial charge is 0.254 e. The van der Waals surface area contributed by atoms with Gasteiger partial charge in [0.05, 0.1) is 26.5 Å². The van der Waals surface area contributed by atoms with Gasteiger partial charge in [-0.1, -0.05) is 0 Å². The van der Waals surface area contributed by atoms with Crippen molar-refractivity contribution in [2.45, 2.75) is 6.92 Å². The van der Waals surface area contributed by atoms with Crippen molar-refractivity contribution in [3.05, 3.63) is 17.7 Å². The average molecular weight is 268 g/mol. The lowest BCUT2D eigenvalue weighted by Crippen LogP contribution is -2.33. The molecule has 0 aliphatic rings. The average Bonchev–Trinajstić information content (AvgIpc) is 2.42. The van der Waals surface area contributed by atoms with E-state index in [0.29, 0.717) is 29.3 Å². The minimum atomic E-state index is -0.204. The number of anilines is 1. The fraction of sp³-hybridized carbons (Fsp3) is 0.462. The third kappa shape index (κ3) is 3.29. The maximum atomic E-state index is 12.2. The van der Waals surface area contributed by atoms with Crippen LogP contribution in [-0.4, -0.2) is 49.8 Å². The molecule has 0 aromatic heterocycles. The van der Waals surface area contributed by atoms with E-state index in [9.17, 15) is 4.79 Å². The largest absolute Gasteiger partial charge is 0.493 e. The predicted octanol–water partition coefficient (Wildman–Crippen LogP) is 0.740. The van der Waals surface area contributed by atoms with Gasteiger partial charge < -0.3 is 25.2 Å². The fourth-order valence-electron chi connectivity index (χ4n) is 1.82. The van der Waals surface area contributed by atoms with Crippen molar-refractivity contribution < 1.29 is 19.4 Å². The molecular weight excluding hydrogens is 248 g/mol. The lowest BCUT2D eigenvalue weighted by molar-refractivity contribution is 0.0731. The van der Waals surface area contributed by atoms with E-state index in [1.165, 1.54) is 19.1 Å². The summed E-state index contributed by atoms with van der Waals surface area (Å²) in [6, 6.07) is 3.13. The van der Waals surface area contributed by atoms with Crippen molar-refractivity contribution in [3.63, 3.8) is 0 Å². The number of ether oxygens (including phenoxy) is 2. The maximum absolute atomic E-state index is 12.2. The molecule has 19 heavy (non-hydrogen) atoms. The molecule has 1 aromatic rings. The molecule has 1 amide bonds. The second-order valence-corrected chi connectivity index (χ2v) is 3.91. The number of nitrogens with two attached hydrogens (primary N) is 1. The van der Waals surface area contributed by atoms with E-state index in [4.69, 9.17) is 20.3 Å². The Morgan fingerprint density at radius 2 is 2.05 bits per heavy atom. The first-order valence-corrected chi connectivity index (χ1v) is 6.00. The van der Waals surface area contributed by atoms with Crippen LogP contribution in [0.15, 0.2) is 12.1 Å². The second kappa shape index (κ2) is 6.84. The van der Waals surface area contributed by atoms with Gasteiger partial charge in [0.25, 0.3) is 5.91 Å². The number of carbonyl (C=O) groups excluding carboxylic acids is 1. The third-order valence-electron chi connectivity index (χ3n) is 2.79. The van der Waals surface area contributed by atoms with Crippen LogP contribution in [0, 0.1) is 0 Å². The zero-order valence-electron chi connectivity index (χ0n) is 11.5. The van der Waals surface area contributed by atoms with E-state index in [1.54, 1.807) is 12.1 Å². The van der Waals surface area contributed by atoms with Gasteiger partial charge in [0.1, 0.15) is 0 Å². The normalized spacial score (nSPS) is 10.1. The molecule has 0 unspecified atom stereocenters. The Balaban J connectivity index is 3.13. The molecule has 0 saturated carbocycles. The van der Waals surface area contributed by atoms with Gasteiger partial charge in [-0.05, 0) is 19.1 Å². The van der Waals surface area contributed by atoms with Crippen LogP contribution in [-0.2, 0) is 0 Å². The number of aliphatic hydroxyl groups excluding tert-OH is 1. The van der Waals surface area contributed by atoms with Crippen LogP contribution >= 0.6 is 0 Å². The van der Waals surface area contributed by atoms with Crippen molar-refractivity contribution >= 4 is 11.6 Å². The third-order valence-corrected chi connectivity index (χ3v) is 2.79. The molecule has 106 valence electrons. The van der Waals surface area contributed by atoms with Gasteiger partial charge in [0.2, 0.25) is 0 Å². The number of carbonyl (C=O) groups is 1. The molecule has 6 heteroatoms. The van der Waals surface area contributed by atoms with Crippen LogP contribution in [0.5, 0.6) is 11.5 Å². The highest BCUT2D eigenvalue weighted by Gasteiger charge is 2.18. The Morgan fingerprint density at radius 3 is 2.53 bits per heavy atom. The molecule has 6 nitrogen and oxygen atoms in total. The van der Waals surface area contributed by atoms with Crippen LogP contribution in [0.3, 0.4) is 0 Å². The number of amides is 1. The van der Waals surface area contributed by atoms with Gasteiger partial charge in [-0.2, -0.15) is 0 Å². The zero-order chi connectivity index (χ0) is 14.4. The number of aliphatic hydroxyl groups is 1. The van der Waals surface area contributed by atoms with E-state index in [1.807, 2.05) is 6.92 Å². The van der Waals surface area contributed by atoms with E-state index >= 15 is 0 Å². The summed E-state index contributed by atoms with van der Waals surface area (Å²) < 4.78 is 10.3. The minimum absolute atomic E-state index is 0.0810. The molecule has 1 aromatic carbocycles. The molecule has 0 bridgehead atoms. The van der Waals surface area contributed by atoms with Crippen LogP contribution < -0.4 is 15.2 Å². The second-order valence-electron chi connectivity index (χ2n) is 3.91. The molecule has 3 N–H and O–H groups in total. The molecule has 0 fully saturated rings. The first-order valence-electron chi connectivity index (χ1n) is 6.00. The summed E-state index contributed by atoms with van der Waals surface area (Å²) in [6.45, 7) is 2.55. The minimum Gasteiger partial charge on any atom is -0.493 e. The summed E-state index contributed by atoms with van der Waals surface area (Å²) in [4.78, 5) is 13.8. The molecule has 1 rings (SSSR count). The van der Waals surface area contributed by atoms with Crippen molar-refractivity contribution in [1.29, 1.82) is 0 Å². The van der Waals surface area contributed by atoms with Gasteiger partial charge in [-0.3, -0.25) is 4.79 Å². The molecule has 0 aliphatic heterocycles. The Morgan fingerprint density at radius 1 is 1.37 bits per heavy atom. The first-order chi connectivity index (χ1) is 9.08. The highest BCUT2D eigenvalue weighted by molar-refractivity contribution is 5.96. The monoisotopic (exact) mass is 268 g/mol. The van der Waals surface area contributed by atoms with Crippen LogP contribution in [0.25, 0.3) is 0 Å². The number of hydrogen-bond acceptors (Lipinski definition) is 5. The topological polar surface area (TPSA) is 85.0 Å². The van der Waals surface area contributed by atoms with Crippen molar-refractivity contribution in [1.82, 2.24) is 4.90 Å². The van der Waals surface area contributed by atoms with Gasteiger partial charge in [-0.15, -0.1) is 0 Å². The summed E-state index contributed by atoms with van der Waals surface area (Å²) in [5, 5.41) is 8.94.